The van der Waals surface area contributed by atoms with Crippen molar-refractivity contribution in [2.75, 3.05) is 6.54 Å². The summed E-state index contributed by atoms with van der Waals surface area (Å²) in [6.45, 7) is 7.93. The van der Waals surface area contributed by atoms with Crippen molar-refractivity contribution in [3.63, 3.8) is 0 Å². The van der Waals surface area contributed by atoms with Gasteiger partial charge < -0.3 is 20.9 Å². The first-order valence-corrected chi connectivity index (χ1v) is 16.2. The number of amides is 4. The number of likely N-dealkylation sites (tertiary alicyclic amines) is 1. The van der Waals surface area contributed by atoms with Crippen molar-refractivity contribution < 1.29 is 32.3 Å². The number of piperidine rings is 1. The van der Waals surface area contributed by atoms with Crippen LogP contribution in [0.15, 0.2) is 0 Å². The molecule has 2 heterocycles. The fourth-order valence-electron chi connectivity index (χ4n) is 9.09. The van der Waals surface area contributed by atoms with Crippen molar-refractivity contribution in [2.24, 2.45) is 40.9 Å². The first-order chi connectivity index (χ1) is 20.5. The zero-order valence-corrected chi connectivity index (χ0v) is 26.1. The molecule has 3 N–H and O–H groups in total. The van der Waals surface area contributed by atoms with Crippen molar-refractivity contribution >= 4 is 23.6 Å². The van der Waals surface area contributed by atoms with E-state index in [0.717, 1.165) is 25.7 Å². The number of hydrogen-bond acceptors (Lipinski definition) is 5. The first-order valence-electron chi connectivity index (χ1n) is 16.2. The summed E-state index contributed by atoms with van der Waals surface area (Å²) in [5.41, 5.74) is -0.682. The minimum atomic E-state index is -5.15. The lowest BCUT2D eigenvalue weighted by molar-refractivity contribution is -0.175. The van der Waals surface area contributed by atoms with Crippen molar-refractivity contribution in [1.29, 1.82) is 5.26 Å². The molecule has 5 fully saturated rings. The molecule has 0 spiro atoms. The zero-order chi connectivity index (χ0) is 32.2. The van der Waals surface area contributed by atoms with E-state index >= 15 is 0 Å². The summed E-state index contributed by atoms with van der Waals surface area (Å²) in [6.07, 6.45) is 2.79. The average Bonchev–Trinajstić information content (AvgIpc) is 3.19. The van der Waals surface area contributed by atoms with E-state index in [1.165, 1.54) is 17.7 Å². The van der Waals surface area contributed by atoms with E-state index in [0.29, 0.717) is 24.7 Å². The molecule has 244 valence electrons. The van der Waals surface area contributed by atoms with E-state index in [9.17, 15) is 37.6 Å². The van der Waals surface area contributed by atoms with Crippen LogP contribution in [-0.4, -0.2) is 64.9 Å². The Balaban J connectivity index is 1.30. The summed E-state index contributed by atoms with van der Waals surface area (Å²) in [5, 5.41) is 17.4. The number of rotatable bonds is 9. The number of alkyl halides is 3. The summed E-state index contributed by atoms with van der Waals surface area (Å²) >= 11 is 0. The molecule has 8 atom stereocenters. The van der Waals surface area contributed by atoms with Gasteiger partial charge >= 0.3 is 12.1 Å². The Morgan fingerprint density at radius 3 is 2.32 bits per heavy atom. The summed E-state index contributed by atoms with van der Waals surface area (Å²) in [4.78, 5) is 53.5. The molecule has 5 aliphatic rings. The van der Waals surface area contributed by atoms with E-state index in [-0.39, 0.29) is 48.5 Å². The van der Waals surface area contributed by atoms with Crippen LogP contribution in [0.4, 0.5) is 13.2 Å². The van der Waals surface area contributed by atoms with Crippen LogP contribution in [0.3, 0.4) is 0 Å². The summed E-state index contributed by atoms with van der Waals surface area (Å²) in [5.74, 6) is -2.78. The lowest BCUT2D eigenvalue weighted by atomic mass is 9.67. The average molecular weight is 622 g/mol. The molecule has 12 heteroatoms. The number of carbonyl (C=O) groups is 4. The summed E-state index contributed by atoms with van der Waals surface area (Å²) in [7, 11) is 0. The highest BCUT2D eigenvalue weighted by molar-refractivity contribution is 5.94. The maximum absolute atomic E-state index is 14.0. The van der Waals surface area contributed by atoms with Gasteiger partial charge in [-0.2, -0.15) is 18.4 Å². The summed E-state index contributed by atoms with van der Waals surface area (Å²) in [6, 6.07) is -1.29. The number of nitriles is 1. The van der Waals surface area contributed by atoms with Crippen LogP contribution in [0.25, 0.3) is 0 Å². The van der Waals surface area contributed by atoms with Crippen molar-refractivity contribution in [2.45, 2.75) is 122 Å². The predicted octanol–water partition coefficient (Wildman–Crippen LogP) is 3.83. The minimum Gasteiger partial charge on any atom is -0.351 e. The van der Waals surface area contributed by atoms with Gasteiger partial charge in [0.2, 0.25) is 17.7 Å². The highest BCUT2D eigenvalue weighted by atomic mass is 19.4. The molecular weight excluding hydrogens is 575 g/mol. The molecule has 2 aliphatic heterocycles. The smallest absolute Gasteiger partial charge is 0.351 e. The second-order valence-electron chi connectivity index (χ2n) is 15.4. The normalized spacial score (nSPS) is 34.6. The molecule has 2 saturated heterocycles. The molecule has 9 nitrogen and oxygen atoms in total. The van der Waals surface area contributed by atoms with Crippen LogP contribution in [0.5, 0.6) is 0 Å². The van der Waals surface area contributed by atoms with Gasteiger partial charge in [-0.05, 0) is 93.8 Å². The Bertz CT molecular complexity index is 1200. The highest BCUT2D eigenvalue weighted by Gasteiger charge is 2.69. The van der Waals surface area contributed by atoms with Gasteiger partial charge in [-0.3, -0.25) is 19.2 Å². The van der Waals surface area contributed by atoms with E-state index in [4.69, 9.17) is 0 Å². The standard InChI is InChI=1S/C32H46F3N5O4/c1-30(2)14-20(26(41)39-30)13-21(15-36)37-27(42)25-24-22(31(24,3)4)16-40(25)28(43)23(38-29(44)32(33,34)35)9-8-19-11-17-6-5-7-18(10-17)12-19/h17-25H,5-14,16H2,1-4H3,(H,37,42)(H,38,44)(H,39,41)/t17?,18?,19?,20-,21+,22+,23?,24+,25+/m1/s1. The van der Waals surface area contributed by atoms with Crippen molar-refractivity contribution in [3.05, 3.63) is 0 Å². The van der Waals surface area contributed by atoms with Crippen molar-refractivity contribution in [1.82, 2.24) is 20.9 Å². The molecule has 0 aromatic heterocycles. The van der Waals surface area contributed by atoms with E-state index in [2.05, 4.69) is 16.7 Å². The molecule has 0 radical (unpaired) electrons. The Hall–Kier alpha value is -2.84. The van der Waals surface area contributed by atoms with Gasteiger partial charge in [0.25, 0.3) is 0 Å². The third-order valence-electron chi connectivity index (χ3n) is 11.3. The molecule has 0 aromatic rings. The number of fused-ring (bicyclic) bond motifs is 3. The first kappa shape index (κ1) is 32.6. The Morgan fingerprint density at radius 1 is 1.09 bits per heavy atom. The van der Waals surface area contributed by atoms with E-state index in [1.54, 1.807) is 0 Å². The monoisotopic (exact) mass is 621 g/mol. The number of nitrogens with zero attached hydrogens (tertiary/aromatic N) is 2. The molecule has 0 aromatic carbocycles. The van der Waals surface area contributed by atoms with Crippen LogP contribution in [0.1, 0.15) is 91.9 Å². The number of carbonyl (C=O) groups excluding carboxylic acids is 4. The van der Waals surface area contributed by atoms with Gasteiger partial charge in [-0.1, -0.05) is 33.1 Å². The maximum Gasteiger partial charge on any atom is 0.471 e. The number of hydrogen-bond donors (Lipinski definition) is 3. The Labute approximate surface area is 257 Å². The molecular formula is C32H46F3N5O4. The second kappa shape index (κ2) is 11.8. The van der Waals surface area contributed by atoms with Gasteiger partial charge in [-0.25, -0.2) is 0 Å². The van der Waals surface area contributed by atoms with Crippen LogP contribution in [0.2, 0.25) is 0 Å². The molecule has 3 saturated carbocycles. The SMILES string of the molecule is CC1(C)C[C@@H](C[C@@H](C#N)NC(=O)[C@@H]2[C@@H]3[C@H](CN2C(=O)C(CCC2CC4CCCC(C4)C2)NC(=O)C(F)(F)F)C3(C)C)C(=O)N1. The molecule has 5 rings (SSSR count). The lowest BCUT2D eigenvalue weighted by Gasteiger charge is -2.39. The number of nitrogens with one attached hydrogen (secondary N) is 3. The minimum absolute atomic E-state index is 0.0270. The molecule has 3 aliphatic carbocycles. The highest BCUT2D eigenvalue weighted by Crippen LogP contribution is 2.65. The van der Waals surface area contributed by atoms with Crippen LogP contribution in [0, 0.1) is 52.3 Å². The third-order valence-corrected chi connectivity index (χ3v) is 11.3. The fourth-order valence-corrected chi connectivity index (χ4v) is 9.09. The zero-order valence-electron chi connectivity index (χ0n) is 26.1. The number of halogens is 3. The van der Waals surface area contributed by atoms with E-state index in [1.807, 2.05) is 33.0 Å². The second-order valence-corrected chi connectivity index (χ2v) is 15.4. The van der Waals surface area contributed by atoms with Crippen molar-refractivity contribution in [3.8, 4) is 6.07 Å². The Morgan fingerprint density at radius 2 is 1.75 bits per heavy atom. The third kappa shape index (κ3) is 6.71. The largest absolute Gasteiger partial charge is 0.471 e. The molecule has 44 heavy (non-hydrogen) atoms. The van der Waals surface area contributed by atoms with Gasteiger partial charge in [0.15, 0.2) is 0 Å². The maximum atomic E-state index is 14.0. The summed E-state index contributed by atoms with van der Waals surface area (Å²) < 4.78 is 40.0. The topological polar surface area (TPSA) is 131 Å². The van der Waals surface area contributed by atoms with Gasteiger partial charge in [0.05, 0.1) is 6.07 Å². The molecule has 2 bridgehead atoms. The molecule has 3 unspecified atom stereocenters. The van der Waals surface area contributed by atoms with Gasteiger partial charge in [-0.15, -0.1) is 0 Å². The fraction of sp³-hybridized carbons (Fsp3) is 0.844. The van der Waals surface area contributed by atoms with Crippen LogP contribution >= 0.6 is 0 Å². The van der Waals surface area contributed by atoms with Crippen LogP contribution < -0.4 is 16.0 Å². The van der Waals surface area contributed by atoms with Crippen LogP contribution in [-0.2, 0) is 19.2 Å². The lowest BCUT2D eigenvalue weighted by Crippen LogP contribution is -2.58. The van der Waals surface area contributed by atoms with Gasteiger partial charge in [0, 0.05) is 18.0 Å². The predicted molar refractivity (Wildman–Crippen MR) is 154 cm³/mol. The quantitative estimate of drug-likeness (QED) is 0.360. The molecule has 4 amide bonds. The van der Waals surface area contributed by atoms with E-state index < -0.39 is 53.5 Å². The van der Waals surface area contributed by atoms with Gasteiger partial charge in [0.1, 0.15) is 18.1 Å². The Kier molecular flexibility index (Phi) is 8.75.